The van der Waals surface area contributed by atoms with E-state index in [2.05, 4.69) is 0 Å². The largest absolute Gasteiger partial charge is 0.417 e. The van der Waals surface area contributed by atoms with E-state index in [-0.39, 0.29) is 11.3 Å². The second-order valence-electron chi connectivity index (χ2n) is 4.68. The van der Waals surface area contributed by atoms with Crippen LogP contribution in [-0.4, -0.2) is 4.21 Å². The fourth-order valence-electron chi connectivity index (χ4n) is 1.86. The first kappa shape index (κ1) is 17.7. The number of halogens is 5. The maximum absolute atomic E-state index is 13.0. The normalized spacial score (nSPS) is 13.4. The van der Waals surface area contributed by atoms with Gasteiger partial charge in [0, 0.05) is 10.4 Å². The molecule has 0 aliphatic heterocycles. The summed E-state index contributed by atoms with van der Waals surface area (Å²) in [4.78, 5) is 0. The highest BCUT2D eigenvalue weighted by Crippen LogP contribution is 2.33. The molecular formula is C16H11ClF4OS. The van der Waals surface area contributed by atoms with Gasteiger partial charge in [-0.3, -0.25) is 4.21 Å². The van der Waals surface area contributed by atoms with Gasteiger partial charge in [-0.1, -0.05) is 29.8 Å². The van der Waals surface area contributed by atoms with Crippen molar-refractivity contribution in [3.05, 3.63) is 75.4 Å². The third-order valence-corrected chi connectivity index (χ3v) is 4.25. The molecule has 2 aromatic rings. The average Bonchev–Trinajstić information content (AvgIpc) is 2.47. The summed E-state index contributed by atoms with van der Waals surface area (Å²) >= 11 is 5.74. The van der Waals surface area contributed by atoms with Crippen molar-refractivity contribution in [2.24, 2.45) is 0 Å². The molecule has 0 aliphatic rings. The molecule has 0 saturated heterocycles. The van der Waals surface area contributed by atoms with Crippen LogP contribution in [0, 0.1) is 5.82 Å². The molecule has 1 atom stereocenters. The maximum Gasteiger partial charge on any atom is 0.417 e. The summed E-state index contributed by atoms with van der Waals surface area (Å²) in [5, 5.41) is 1.70. The topological polar surface area (TPSA) is 17.1 Å². The Balaban J connectivity index is 2.16. The Morgan fingerprint density at radius 2 is 1.74 bits per heavy atom. The van der Waals surface area contributed by atoms with E-state index in [0.29, 0.717) is 11.1 Å². The van der Waals surface area contributed by atoms with E-state index in [4.69, 9.17) is 11.6 Å². The zero-order chi connectivity index (χ0) is 17.0. The minimum Gasteiger partial charge on any atom is -0.255 e. The first-order valence-electron chi connectivity index (χ1n) is 6.42. The first-order valence-corrected chi connectivity index (χ1v) is 8.18. The van der Waals surface area contributed by atoms with Crippen LogP contribution in [0.15, 0.2) is 47.9 Å². The fourth-order valence-corrected chi connectivity index (χ4v) is 2.90. The van der Waals surface area contributed by atoms with Gasteiger partial charge in [-0.05, 0) is 41.5 Å². The third-order valence-electron chi connectivity index (χ3n) is 2.94. The van der Waals surface area contributed by atoms with Gasteiger partial charge in [0.1, 0.15) is 5.82 Å². The molecule has 1 nitrogen and oxygen atoms in total. The highest BCUT2D eigenvalue weighted by Gasteiger charge is 2.33. The molecule has 0 heterocycles. The van der Waals surface area contributed by atoms with E-state index in [1.165, 1.54) is 0 Å². The van der Waals surface area contributed by atoms with Crippen molar-refractivity contribution >= 4 is 28.5 Å². The monoisotopic (exact) mass is 362 g/mol. The van der Waals surface area contributed by atoms with Crippen LogP contribution >= 0.6 is 11.6 Å². The summed E-state index contributed by atoms with van der Waals surface area (Å²) in [6, 6.07) is 9.01. The highest BCUT2D eigenvalue weighted by molar-refractivity contribution is 7.87. The molecule has 0 aliphatic carbocycles. The van der Waals surface area contributed by atoms with Crippen LogP contribution in [0.4, 0.5) is 17.6 Å². The van der Waals surface area contributed by atoms with Gasteiger partial charge in [0.15, 0.2) is 0 Å². The Hall–Kier alpha value is -1.66. The molecule has 2 rings (SSSR count). The second-order valence-corrected chi connectivity index (χ2v) is 6.44. The molecule has 2 aromatic carbocycles. The van der Waals surface area contributed by atoms with Crippen LogP contribution in [0.5, 0.6) is 0 Å². The van der Waals surface area contributed by atoms with Gasteiger partial charge in [0.2, 0.25) is 0 Å². The van der Waals surface area contributed by atoms with Crippen molar-refractivity contribution < 1.29 is 21.8 Å². The van der Waals surface area contributed by atoms with E-state index in [1.54, 1.807) is 24.3 Å². The Kier molecular flexibility index (Phi) is 5.59. The van der Waals surface area contributed by atoms with E-state index < -0.39 is 28.4 Å². The SMILES string of the molecule is O=S(/C=C/c1ccc(F)cc1C(F)(F)F)Cc1ccc(Cl)cc1. The minimum absolute atomic E-state index is 0.149. The maximum atomic E-state index is 13.0. The molecule has 7 heteroatoms. The van der Waals surface area contributed by atoms with Crippen LogP contribution in [0.25, 0.3) is 6.08 Å². The molecule has 0 radical (unpaired) electrons. The highest BCUT2D eigenvalue weighted by atomic mass is 35.5. The van der Waals surface area contributed by atoms with Crippen molar-refractivity contribution in [1.82, 2.24) is 0 Å². The minimum atomic E-state index is -4.68. The zero-order valence-electron chi connectivity index (χ0n) is 11.6. The predicted molar refractivity (Wildman–Crippen MR) is 83.7 cm³/mol. The van der Waals surface area contributed by atoms with Crippen LogP contribution in [0.3, 0.4) is 0 Å². The third kappa shape index (κ3) is 5.18. The summed E-state index contributed by atoms with van der Waals surface area (Å²) < 4.78 is 63.5. The summed E-state index contributed by atoms with van der Waals surface area (Å²) in [7, 11) is -1.50. The Bertz CT molecular complexity index is 739. The molecule has 1 unspecified atom stereocenters. The molecular weight excluding hydrogens is 352 g/mol. The summed E-state index contributed by atoms with van der Waals surface area (Å²) in [6.45, 7) is 0. The number of rotatable bonds is 4. The number of alkyl halides is 3. The Labute approximate surface area is 138 Å². The molecule has 23 heavy (non-hydrogen) atoms. The van der Waals surface area contributed by atoms with Crippen LogP contribution in [-0.2, 0) is 22.7 Å². The van der Waals surface area contributed by atoms with E-state index in [1.807, 2.05) is 0 Å². The average molecular weight is 363 g/mol. The van der Waals surface area contributed by atoms with Gasteiger partial charge in [-0.2, -0.15) is 13.2 Å². The first-order chi connectivity index (χ1) is 10.8. The van der Waals surface area contributed by atoms with Crippen LogP contribution in [0.2, 0.25) is 5.02 Å². The standard InChI is InChI=1S/C16H11ClF4OS/c17-13-4-1-11(2-5-13)10-23(22)8-7-12-3-6-14(18)9-15(12)16(19,20)21/h1-9H,10H2/b8-7+. The summed E-state index contributed by atoms with van der Waals surface area (Å²) in [5.74, 6) is -0.826. The van der Waals surface area contributed by atoms with Gasteiger partial charge < -0.3 is 0 Å². The van der Waals surface area contributed by atoms with Crippen molar-refractivity contribution in [3.8, 4) is 0 Å². The molecule has 0 spiro atoms. The molecule has 0 saturated carbocycles. The van der Waals surface area contributed by atoms with Gasteiger partial charge in [-0.25, -0.2) is 4.39 Å². The molecule has 0 bridgehead atoms. The van der Waals surface area contributed by atoms with E-state index in [0.717, 1.165) is 29.2 Å². The lowest BCUT2D eigenvalue weighted by molar-refractivity contribution is -0.137. The van der Waals surface area contributed by atoms with Gasteiger partial charge in [0.25, 0.3) is 0 Å². The molecule has 0 amide bonds. The smallest absolute Gasteiger partial charge is 0.255 e. The van der Waals surface area contributed by atoms with Crippen molar-refractivity contribution in [2.75, 3.05) is 0 Å². The lowest BCUT2D eigenvalue weighted by atomic mass is 10.1. The molecule has 0 N–H and O–H groups in total. The number of hydrogen-bond donors (Lipinski definition) is 0. The predicted octanol–water partition coefficient (Wildman–Crippen LogP) is 5.42. The van der Waals surface area contributed by atoms with Crippen LogP contribution in [0.1, 0.15) is 16.7 Å². The van der Waals surface area contributed by atoms with Gasteiger partial charge in [0.05, 0.1) is 22.1 Å². The summed E-state index contributed by atoms with van der Waals surface area (Å²) in [5.41, 5.74) is -0.590. The van der Waals surface area contributed by atoms with Gasteiger partial charge in [-0.15, -0.1) is 0 Å². The van der Waals surface area contributed by atoms with Gasteiger partial charge >= 0.3 is 6.18 Å². The van der Waals surface area contributed by atoms with Crippen molar-refractivity contribution in [1.29, 1.82) is 0 Å². The van der Waals surface area contributed by atoms with Crippen LogP contribution < -0.4 is 0 Å². The number of hydrogen-bond acceptors (Lipinski definition) is 1. The quantitative estimate of drug-likeness (QED) is 0.664. The lowest BCUT2D eigenvalue weighted by Crippen LogP contribution is -2.08. The number of benzene rings is 2. The van der Waals surface area contributed by atoms with Crippen molar-refractivity contribution in [2.45, 2.75) is 11.9 Å². The molecule has 0 fully saturated rings. The van der Waals surface area contributed by atoms with Crippen molar-refractivity contribution in [3.63, 3.8) is 0 Å². The lowest BCUT2D eigenvalue weighted by Gasteiger charge is -2.10. The fraction of sp³-hybridized carbons (Fsp3) is 0.125. The molecule has 0 aromatic heterocycles. The second kappa shape index (κ2) is 7.27. The van der Waals surface area contributed by atoms with E-state index >= 15 is 0 Å². The van der Waals surface area contributed by atoms with E-state index in [9.17, 15) is 21.8 Å². The zero-order valence-corrected chi connectivity index (χ0v) is 13.2. The molecule has 122 valence electrons. The Morgan fingerprint density at radius 3 is 2.35 bits per heavy atom. The Morgan fingerprint density at radius 1 is 1.09 bits per heavy atom. The summed E-state index contributed by atoms with van der Waals surface area (Å²) in [6.07, 6.45) is -3.59.